The quantitative estimate of drug-likeness (QED) is 0.835. The zero-order valence-corrected chi connectivity index (χ0v) is 13.2. The monoisotopic (exact) mass is 288 g/mol. The van der Waals surface area contributed by atoms with E-state index in [1.807, 2.05) is 0 Å². The smallest absolute Gasteiger partial charge is 0.118 e. The molecule has 0 spiro atoms. The van der Waals surface area contributed by atoms with Gasteiger partial charge in [-0.1, -0.05) is 12.1 Å². The van der Waals surface area contributed by atoms with E-state index in [-0.39, 0.29) is 0 Å². The third kappa shape index (κ3) is 4.72. The summed E-state index contributed by atoms with van der Waals surface area (Å²) < 4.78 is 5.20. The normalized spacial score (nSPS) is 20.6. The predicted octanol–water partition coefficient (Wildman–Crippen LogP) is 2.70. The molecule has 21 heavy (non-hydrogen) atoms. The van der Waals surface area contributed by atoms with Crippen molar-refractivity contribution >= 4 is 0 Å². The van der Waals surface area contributed by atoms with E-state index >= 15 is 0 Å². The number of methoxy groups -OCH3 is 1. The highest BCUT2D eigenvalue weighted by molar-refractivity contribution is 5.27. The van der Waals surface area contributed by atoms with Gasteiger partial charge in [0.05, 0.1) is 7.11 Å². The Hall–Kier alpha value is -1.06. The fourth-order valence-electron chi connectivity index (χ4n) is 3.10. The van der Waals surface area contributed by atoms with Crippen molar-refractivity contribution in [3.05, 3.63) is 29.8 Å². The average molecular weight is 288 g/mol. The van der Waals surface area contributed by atoms with E-state index in [0.29, 0.717) is 0 Å². The minimum absolute atomic E-state index is 0.767. The first-order valence-corrected chi connectivity index (χ1v) is 8.42. The third-order valence-electron chi connectivity index (χ3n) is 4.86. The fraction of sp³-hybridized carbons (Fsp3) is 0.667. The van der Waals surface area contributed by atoms with Gasteiger partial charge in [-0.15, -0.1) is 0 Å². The van der Waals surface area contributed by atoms with Crippen molar-refractivity contribution < 1.29 is 4.74 Å². The summed E-state index contributed by atoms with van der Waals surface area (Å²) in [5.41, 5.74) is 1.41. The molecule has 1 N–H and O–H groups in total. The average Bonchev–Trinajstić information content (AvgIpc) is 3.37. The molecule has 0 atom stereocenters. The van der Waals surface area contributed by atoms with Crippen LogP contribution < -0.4 is 10.1 Å². The first-order chi connectivity index (χ1) is 10.3. The van der Waals surface area contributed by atoms with E-state index in [9.17, 15) is 0 Å². The molecule has 3 heteroatoms. The second-order valence-electron chi connectivity index (χ2n) is 6.57. The largest absolute Gasteiger partial charge is 0.497 e. The highest BCUT2D eigenvalue weighted by Gasteiger charge is 2.24. The number of benzene rings is 1. The van der Waals surface area contributed by atoms with Gasteiger partial charge >= 0.3 is 0 Å². The number of hydrogen-bond donors (Lipinski definition) is 1. The minimum atomic E-state index is 0.767. The van der Waals surface area contributed by atoms with E-state index in [0.717, 1.165) is 24.1 Å². The molecule has 0 radical (unpaired) electrons. The lowest BCUT2D eigenvalue weighted by Crippen LogP contribution is -2.43. The fourth-order valence-corrected chi connectivity index (χ4v) is 3.10. The first-order valence-electron chi connectivity index (χ1n) is 8.42. The molecule has 1 heterocycles. The van der Waals surface area contributed by atoms with Crippen LogP contribution in [0.25, 0.3) is 0 Å². The van der Waals surface area contributed by atoms with Crippen LogP contribution in [0.5, 0.6) is 5.75 Å². The summed E-state index contributed by atoms with van der Waals surface area (Å²) in [4.78, 5) is 2.61. The molecule has 116 valence electrons. The van der Waals surface area contributed by atoms with Crippen LogP contribution in [0.15, 0.2) is 24.3 Å². The van der Waals surface area contributed by atoms with Crippen LogP contribution in [0.2, 0.25) is 0 Å². The Bertz CT molecular complexity index is 419. The molecule has 0 unspecified atom stereocenters. The van der Waals surface area contributed by atoms with Gasteiger partial charge in [0.1, 0.15) is 5.75 Å². The van der Waals surface area contributed by atoms with Crippen molar-refractivity contribution in [3.8, 4) is 5.75 Å². The number of piperidine rings is 1. The number of likely N-dealkylation sites (tertiary alicyclic amines) is 1. The van der Waals surface area contributed by atoms with Crippen molar-refractivity contribution in [2.24, 2.45) is 5.92 Å². The maximum Gasteiger partial charge on any atom is 0.118 e. The second-order valence-corrected chi connectivity index (χ2v) is 6.57. The van der Waals surface area contributed by atoms with Crippen LogP contribution in [-0.4, -0.2) is 44.2 Å². The maximum atomic E-state index is 5.20. The molecule has 2 fully saturated rings. The molecule has 0 aromatic heterocycles. The zero-order valence-electron chi connectivity index (χ0n) is 13.2. The van der Waals surface area contributed by atoms with Gasteiger partial charge in [-0.25, -0.2) is 0 Å². The van der Waals surface area contributed by atoms with Crippen LogP contribution in [0.4, 0.5) is 0 Å². The van der Waals surface area contributed by atoms with E-state index in [1.165, 1.54) is 57.4 Å². The molecule has 0 bridgehead atoms. The van der Waals surface area contributed by atoms with Crippen molar-refractivity contribution in [2.45, 2.75) is 38.1 Å². The van der Waals surface area contributed by atoms with Crippen LogP contribution in [0, 0.1) is 5.92 Å². The Morgan fingerprint density at radius 1 is 1.10 bits per heavy atom. The lowest BCUT2D eigenvalue weighted by atomic mass is 10.0. The Kier molecular flexibility index (Phi) is 5.15. The topological polar surface area (TPSA) is 24.5 Å². The summed E-state index contributed by atoms with van der Waals surface area (Å²) in [5.74, 6) is 1.94. The van der Waals surface area contributed by atoms with Gasteiger partial charge in [-0.2, -0.15) is 0 Å². The number of nitrogens with one attached hydrogen (secondary N) is 1. The van der Waals surface area contributed by atoms with Gasteiger partial charge in [0, 0.05) is 12.6 Å². The molecule has 0 amide bonds. The number of ether oxygens (including phenoxy) is 1. The summed E-state index contributed by atoms with van der Waals surface area (Å²) in [6.07, 6.45) is 6.68. The molecule has 1 aliphatic heterocycles. The maximum absolute atomic E-state index is 5.20. The zero-order chi connectivity index (χ0) is 14.5. The van der Waals surface area contributed by atoms with Crippen LogP contribution in [-0.2, 0) is 6.42 Å². The molecule has 1 aliphatic carbocycles. The summed E-state index contributed by atoms with van der Waals surface area (Å²) in [5, 5.41) is 3.75. The van der Waals surface area contributed by atoms with Crippen LogP contribution in [0.1, 0.15) is 31.2 Å². The van der Waals surface area contributed by atoms with E-state index in [2.05, 4.69) is 34.5 Å². The van der Waals surface area contributed by atoms with Crippen molar-refractivity contribution in [3.63, 3.8) is 0 Å². The lowest BCUT2D eigenvalue weighted by Gasteiger charge is -2.32. The minimum Gasteiger partial charge on any atom is -0.497 e. The Morgan fingerprint density at radius 2 is 1.81 bits per heavy atom. The van der Waals surface area contributed by atoms with Gasteiger partial charge in [0.15, 0.2) is 0 Å². The van der Waals surface area contributed by atoms with Crippen molar-refractivity contribution in [1.82, 2.24) is 10.2 Å². The highest BCUT2D eigenvalue weighted by Crippen LogP contribution is 2.28. The van der Waals surface area contributed by atoms with Gasteiger partial charge in [0.25, 0.3) is 0 Å². The van der Waals surface area contributed by atoms with E-state index in [1.54, 1.807) is 7.11 Å². The highest BCUT2D eigenvalue weighted by atomic mass is 16.5. The number of hydrogen-bond acceptors (Lipinski definition) is 3. The first kappa shape index (κ1) is 14.9. The van der Waals surface area contributed by atoms with E-state index < -0.39 is 0 Å². The van der Waals surface area contributed by atoms with Crippen molar-refractivity contribution in [1.29, 1.82) is 0 Å². The summed E-state index contributed by atoms with van der Waals surface area (Å²) in [7, 11) is 1.72. The van der Waals surface area contributed by atoms with Gasteiger partial charge in [-0.05, 0) is 75.4 Å². The Morgan fingerprint density at radius 3 is 2.43 bits per heavy atom. The van der Waals surface area contributed by atoms with E-state index in [4.69, 9.17) is 4.74 Å². The lowest BCUT2D eigenvalue weighted by molar-refractivity contribution is 0.199. The molecule has 3 rings (SSSR count). The molecule has 1 aromatic rings. The van der Waals surface area contributed by atoms with Gasteiger partial charge < -0.3 is 15.0 Å². The molecule has 1 saturated carbocycles. The summed E-state index contributed by atoms with van der Waals surface area (Å²) in [6.45, 7) is 4.94. The SMILES string of the molecule is COc1ccc(CCN2CCC(NCC3CC3)CC2)cc1. The molecular formula is C18H28N2O. The molecule has 1 aromatic carbocycles. The predicted molar refractivity (Wildman–Crippen MR) is 86.9 cm³/mol. The number of nitrogens with zero attached hydrogens (tertiary/aromatic N) is 1. The Balaban J connectivity index is 1.34. The van der Waals surface area contributed by atoms with Crippen LogP contribution >= 0.6 is 0 Å². The number of rotatable bonds is 7. The molecular weight excluding hydrogens is 260 g/mol. The molecule has 3 nitrogen and oxygen atoms in total. The summed E-state index contributed by atoms with van der Waals surface area (Å²) in [6, 6.07) is 9.25. The van der Waals surface area contributed by atoms with Crippen LogP contribution in [0.3, 0.4) is 0 Å². The van der Waals surface area contributed by atoms with Crippen molar-refractivity contribution in [2.75, 3.05) is 33.3 Å². The molecule has 2 aliphatic rings. The Labute approximate surface area is 128 Å². The second kappa shape index (κ2) is 7.28. The van der Waals surface area contributed by atoms with Gasteiger partial charge in [0.2, 0.25) is 0 Å². The summed E-state index contributed by atoms with van der Waals surface area (Å²) >= 11 is 0. The third-order valence-corrected chi connectivity index (χ3v) is 4.86. The van der Waals surface area contributed by atoms with Gasteiger partial charge in [-0.3, -0.25) is 0 Å². The molecule has 1 saturated heterocycles. The standard InChI is InChI=1S/C18H28N2O/c1-21-18-6-4-15(5-7-18)8-11-20-12-9-17(10-13-20)19-14-16-2-3-16/h4-7,16-17,19H,2-3,8-14H2,1H3.